The summed E-state index contributed by atoms with van der Waals surface area (Å²) in [6.45, 7) is 4.82. The normalized spacial score (nSPS) is 14.2. The van der Waals surface area contributed by atoms with Crippen LogP contribution in [0.25, 0.3) is 0 Å². The van der Waals surface area contributed by atoms with Crippen LogP contribution in [0, 0.1) is 0 Å². The molecule has 1 atom stereocenters. The number of ether oxygens (including phenoxy) is 2. The average Bonchev–Trinajstić information content (AvgIpc) is 2.67. The second-order valence-electron chi connectivity index (χ2n) is 6.66. The lowest BCUT2D eigenvalue weighted by Crippen LogP contribution is -2.25. The molecule has 0 radical (unpaired) electrons. The monoisotopic (exact) mass is 366 g/mol. The van der Waals surface area contributed by atoms with Crippen molar-refractivity contribution in [2.45, 2.75) is 32.7 Å². The zero-order valence-corrected chi connectivity index (χ0v) is 15.8. The molecule has 0 fully saturated rings. The average molecular weight is 366 g/mol. The highest BCUT2D eigenvalue weighted by Gasteiger charge is 2.16. The summed E-state index contributed by atoms with van der Waals surface area (Å²) in [5, 5.41) is 6.32. The summed E-state index contributed by atoms with van der Waals surface area (Å²) >= 11 is 0. The second-order valence-corrected chi connectivity index (χ2v) is 6.66. The number of carbonyl (C=O) groups excluding carboxylic acids is 1. The number of nitrogens with one attached hydrogen (secondary N) is 2. The quantitative estimate of drug-likeness (QED) is 0.680. The first-order valence-corrected chi connectivity index (χ1v) is 9.30. The third-order valence-electron chi connectivity index (χ3n) is 4.40. The second kappa shape index (κ2) is 9.12. The van der Waals surface area contributed by atoms with Crippen LogP contribution in [0.4, 0.5) is 11.4 Å². The van der Waals surface area contributed by atoms with Crippen molar-refractivity contribution in [1.29, 1.82) is 0 Å². The van der Waals surface area contributed by atoms with Crippen LogP contribution in [0.2, 0.25) is 0 Å². The first kappa shape index (κ1) is 18.8. The molecule has 5 nitrogen and oxygen atoms in total. The zero-order valence-electron chi connectivity index (χ0n) is 15.8. The van der Waals surface area contributed by atoms with Gasteiger partial charge >= 0.3 is 0 Å². The van der Waals surface area contributed by atoms with Crippen LogP contribution >= 0.6 is 0 Å². The maximum absolute atomic E-state index is 11.4. The summed E-state index contributed by atoms with van der Waals surface area (Å²) in [5.41, 5.74) is 2.98. The fraction of sp³-hybridized carbons (Fsp3) is 0.318. The predicted octanol–water partition coefficient (Wildman–Crippen LogP) is 4.41. The van der Waals surface area contributed by atoms with Crippen LogP contribution in [-0.2, 0) is 11.2 Å². The third-order valence-corrected chi connectivity index (χ3v) is 4.40. The minimum Gasteiger partial charge on any atom is -0.490 e. The number of rotatable bonds is 8. The Bertz CT molecular complexity index is 800. The molecule has 27 heavy (non-hydrogen) atoms. The van der Waals surface area contributed by atoms with E-state index in [1.807, 2.05) is 49.4 Å². The van der Waals surface area contributed by atoms with Crippen LogP contribution < -0.4 is 20.1 Å². The number of anilines is 2. The van der Waals surface area contributed by atoms with Crippen molar-refractivity contribution in [1.82, 2.24) is 0 Å². The van der Waals surface area contributed by atoms with Gasteiger partial charge in [0.2, 0.25) is 0 Å². The Morgan fingerprint density at radius 1 is 1.26 bits per heavy atom. The van der Waals surface area contributed by atoms with Crippen molar-refractivity contribution in [2.75, 3.05) is 23.8 Å². The van der Waals surface area contributed by atoms with Crippen LogP contribution in [0.15, 0.2) is 54.6 Å². The van der Waals surface area contributed by atoms with E-state index in [1.54, 1.807) is 0 Å². The molecule has 2 N–H and O–H groups in total. The minimum atomic E-state index is -0.120. The van der Waals surface area contributed by atoms with Gasteiger partial charge in [0.25, 0.3) is 5.91 Å². The highest BCUT2D eigenvalue weighted by atomic mass is 16.5. The van der Waals surface area contributed by atoms with Gasteiger partial charge in [0, 0.05) is 11.7 Å². The molecule has 1 amide bonds. The molecular formula is C22H26N2O3. The van der Waals surface area contributed by atoms with Gasteiger partial charge in [-0.2, -0.15) is 0 Å². The maximum Gasteiger partial charge on any atom is 0.262 e. The molecule has 0 spiro atoms. The van der Waals surface area contributed by atoms with Crippen molar-refractivity contribution >= 4 is 17.3 Å². The summed E-state index contributed by atoms with van der Waals surface area (Å²) in [7, 11) is 0. The topological polar surface area (TPSA) is 59.6 Å². The molecule has 2 aromatic carbocycles. The van der Waals surface area contributed by atoms with E-state index < -0.39 is 0 Å². The lowest BCUT2D eigenvalue weighted by molar-refractivity contribution is -0.118. The minimum absolute atomic E-state index is 0.0787. The number of allylic oxidation sites excluding steroid dienone is 1. The Labute approximate surface area is 160 Å². The lowest BCUT2D eigenvalue weighted by Gasteiger charge is -2.20. The van der Waals surface area contributed by atoms with Gasteiger partial charge in [0.15, 0.2) is 6.61 Å². The molecule has 1 aliphatic rings. The largest absolute Gasteiger partial charge is 0.490 e. The first-order chi connectivity index (χ1) is 13.1. The Morgan fingerprint density at radius 3 is 2.85 bits per heavy atom. The molecule has 1 aliphatic heterocycles. The van der Waals surface area contributed by atoms with Gasteiger partial charge in [0.1, 0.15) is 18.1 Å². The first-order valence-electron chi connectivity index (χ1n) is 9.30. The molecular weight excluding hydrogens is 340 g/mol. The Balaban J connectivity index is 1.49. The molecule has 5 heteroatoms. The van der Waals surface area contributed by atoms with Crippen LogP contribution in [0.1, 0.15) is 25.8 Å². The predicted molar refractivity (Wildman–Crippen MR) is 109 cm³/mol. The fourth-order valence-corrected chi connectivity index (χ4v) is 2.91. The van der Waals surface area contributed by atoms with Crippen molar-refractivity contribution in [3.05, 3.63) is 60.2 Å². The van der Waals surface area contributed by atoms with E-state index in [0.717, 1.165) is 30.0 Å². The van der Waals surface area contributed by atoms with Gasteiger partial charge in [0.05, 0.1) is 5.69 Å². The Morgan fingerprint density at radius 2 is 2.07 bits per heavy atom. The van der Waals surface area contributed by atoms with E-state index in [1.165, 1.54) is 5.56 Å². The summed E-state index contributed by atoms with van der Waals surface area (Å²) in [6, 6.07) is 14.3. The molecule has 1 heterocycles. The molecule has 2 aromatic rings. The van der Waals surface area contributed by atoms with E-state index in [2.05, 4.69) is 29.7 Å². The van der Waals surface area contributed by atoms with Crippen molar-refractivity contribution in [3.63, 3.8) is 0 Å². The number of hydrogen-bond acceptors (Lipinski definition) is 4. The van der Waals surface area contributed by atoms with Crippen molar-refractivity contribution in [3.8, 4) is 11.5 Å². The van der Waals surface area contributed by atoms with Gasteiger partial charge in [-0.05, 0) is 62.6 Å². The van der Waals surface area contributed by atoms with E-state index in [9.17, 15) is 4.79 Å². The zero-order chi connectivity index (χ0) is 19.1. The van der Waals surface area contributed by atoms with Crippen molar-refractivity contribution < 1.29 is 14.3 Å². The van der Waals surface area contributed by atoms with Crippen LogP contribution in [-0.4, -0.2) is 25.2 Å². The number of aryl methyl sites for hydroxylation is 1. The standard InChI is InChI=1S/C22H26N2O3/c1-3-4-13-26-19-10-7-17(8-11-19)6-5-16(2)23-18-9-12-21-20(14-18)24-22(25)15-27-21/h3-4,7-12,14,16,23H,5-6,13,15H2,1-2H3,(H,24,25)/b4-3+. The summed E-state index contributed by atoms with van der Waals surface area (Å²) in [6.07, 6.45) is 5.94. The van der Waals surface area contributed by atoms with Gasteiger partial charge in [-0.1, -0.05) is 24.3 Å². The number of fused-ring (bicyclic) bond motifs is 1. The SMILES string of the molecule is C/C=C/COc1ccc(CCC(C)Nc2ccc3c(c2)NC(=O)CO3)cc1. The molecule has 0 saturated heterocycles. The molecule has 1 unspecified atom stereocenters. The van der Waals surface area contributed by atoms with E-state index in [-0.39, 0.29) is 12.5 Å². The Hall–Kier alpha value is -2.95. The van der Waals surface area contributed by atoms with E-state index >= 15 is 0 Å². The van der Waals surface area contributed by atoms with Crippen LogP contribution in [0.5, 0.6) is 11.5 Å². The van der Waals surface area contributed by atoms with Gasteiger partial charge in [-0.15, -0.1) is 0 Å². The number of carbonyl (C=O) groups is 1. The van der Waals surface area contributed by atoms with Gasteiger partial charge < -0.3 is 20.1 Å². The van der Waals surface area contributed by atoms with Gasteiger partial charge in [-0.25, -0.2) is 0 Å². The third kappa shape index (κ3) is 5.51. The molecule has 0 aromatic heterocycles. The van der Waals surface area contributed by atoms with Crippen molar-refractivity contribution in [2.24, 2.45) is 0 Å². The summed E-state index contributed by atoms with van der Waals surface area (Å²) in [5.74, 6) is 1.48. The summed E-state index contributed by atoms with van der Waals surface area (Å²) in [4.78, 5) is 11.4. The maximum atomic E-state index is 11.4. The van der Waals surface area contributed by atoms with E-state index in [4.69, 9.17) is 9.47 Å². The number of amides is 1. The van der Waals surface area contributed by atoms with Gasteiger partial charge in [-0.3, -0.25) is 4.79 Å². The number of benzene rings is 2. The fourth-order valence-electron chi connectivity index (χ4n) is 2.91. The van der Waals surface area contributed by atoms with Crippen LogP contribution in [0.3, 0.4) is 0 Å². The van der Waals surface area contributed by atoms with E-state index in [0.29, 0.717) is 18.4 Å². The highest BCUT2D eigenvalue weighted by Crippen LogP contribution is 2.30. The molecule has 3 rings (SSSR count). The summed E-state index contributed by atoms with van der Waals surface area (Å²) < 4.78 is 11.0. The Kier molecular flexibility index (Phi) is 6.36. The number of hydrogen-bond donors (Lipinski definition) is 2. The molecule has 0 saturated carbocycles. The lowest BCUT2D eigenvalue weighted by atomic mass is 10.1. The smallest absolute Gasteiger partial charge is 0.262 e. The molecule has 0 bridgehead atoms. The molecule has 0 aliphatic carbocycles. The molecule has 142 valence electrons. The highest BCUT2D eigenvalue weighted by molar-refractivity contribution is 5.96.